The van der Waals surface area contributed by atoms with Crippen molar-refractivity contribution in [2.24, 2.45) is 0 Å². The van der Waals surface area contributed by atoms with Crippen LogP contribution in [0.3, 0.4) is 0 Å². The monoisotopic (exact) mass is 329 g/mol. The van der Waals surface area contributed by atoms with Crippen LogP contribution in [0.1, 0.15) is 12.5 Å². The van der Waals surface area contributed by atoms with Crippen molar-refractivity contribution >= 4 is 35.1 Å². The lowest BCUT2D eigenvalue weighted by Crippen LogP contribution is -2.46. The largest absolute Gasteiger partial charge is 0.336 e. The highest BCUT2D eigenvalue weighted by molar-refractivity contribution is 6.42. The van der Waals surface area contributed by atoms with E-state index in [0.717, 1.165) is 5.56 Å². The molecule has 114 valence electrons. The number of carbonyl (C=O) groups is 2. The van der Waals surface area contributed by atoms with Crippen molar-refractivity contribution in [2.45, 2.75) is 19.5 Å². The van der Waals surface area contributed by atoms with Gasteiger partial charge >= 0.3 is 6.03 Å². The van der Waals surface area contributed by atoms with Crippen LogP contribution < -0.4 is 5.32 Å². The third kappa shape index (κ3) is 3.48. The Morgan fingerprint density at radius 3 is 2.81 bits per heavy atom. The minimum atomic E-state index is -0.427. The highest BCUT2D eigenvalue weighted by Crippen LogP contribution is 2.26. The third-order valence-corrected chi connectivity index (χ3v) is 4.45. The Kier molecular flexibility index (Phi) is 5.08. The zero-order valence-corrected chi connectivity index (χ0v) is 13.4. The molecule has 5 nitrogen and oxygen atoms in total. The number of urea groups is 1. The number of carbonyl (C=O) groups excluding carboxylic acids is 2. The molecule has 1 aromatic carbocycles. The van der Waals surface area contributed by atoms with E-state index >= 15 is 0 Å². The van der Waals surface area contributed by atoms with Crippen molar-refractivity contribution < 1.29 is 9.59 Å². The maximum absolute atomic E-state index is 12.3. The number of rotatable bonds is 4. The van der Waals surface area contributed by atoms with Crippen LogP contribution in [-0.2, 0) is 11.3 Å². The van der Waals surface area contributed by atoms with E-state index in [1.54, 1.807) is 13.0 Å². The predicted octanol–water partition coefficient (Wildman–Crippen LogP) is 2.37. The molecule has 0 aliphatic carbocycles. The van der Waals surface area contributed by atoms with Crippen LogP contribution in [-0.4, -0.2) is 47.9 Å². The van der Waals surface area contributed by atoms with Gasteiger partial charge < -0.3 is 5.32 Å². The van der Waals surface area contributed by atoms with Gasteiger partial charge in [0.15, 0.2) is 0 Å². The van der Waals surface area contributed by atoms with Crippen molar-refractivity contribution in [3.05, 3.63) is 33.8 Å². The van der Waals surface area contributed by atoms with Gasteiger partial charge in [-0.2, -0.15) is 0 Å². The molecular formula is C14H17Cl2N3O2. The Morgan fingerprint density at radius 2 is 2.19 bits per heavy atom. The van der Waals surface area contributed by atoms with Crippen LogP contribution >= 0.6 is 23.2 Å². The maximum atomic E-state index is 12.3. The molecule has 0 radical (unpaired) electrons. The molecule has 1 aromatic rings. The second kappa shape index (κ2) is 6.64. The van der Waals surface area contributed by atoms with Crippen LogP contribution in [0.25, 0.3) is 0 Å². The Labute approximate surface area is 133 Å². The van der Waals surface area contributed by atoms with E-state index in [4.69, 9.17) is 23.2 Å². The Morgan fingerprint density at radius 1 is 1.48 bits per heavy atom. The maximum Gasteiger partial charge on any atom is 0.324 e. The van der Waals surface area contributed by atoms with Crippen molar-refractivity contribution in [3.63, 3.8) is 0 Å². The zero-order valence-electron chi connectivity index (χ0n) is 11.9. The van der Waals surface area contributed by atoms with E-state index in [1.165, 1.54) is 4.90 Å². The topological polar surface area (TPSA) is 52.7 Å². The molecule has 1 saturated heterocycles. The second-order valence-electron chi connectivity index (χ2n) is 5.03. The fourth-order valence-electron chi connectivity index (χ4n) is 2.17. The van der Waals surface area contributed by atoms with Crippen molar-refractivity contribution in [1.82, 2.24) is 15.1 Å². The van der Waals surface area contributed by atoms with E-state index < -0.39 is 6.04 Å². The number of nitrogens with zero attached hydrogens (tertiary/aromatic N) is 2. The van der Waals surface area contributed by atoms with E-state index in [0.29, 0.717) is 29.7 Å². The van der Waals surface area contributed by atoms with E-state index in [-0.39, 0.29) is 11.9 Å². The summed E-state index contributed by atoms with van der Waals surface area (Å²) in [6.45, 7) is 3.16. The Balaban J connectivity index is 2.05. The third-order valence-electron chi connectivity index (χ3n) is 3.59. The molecule has 2 rings (SSSR count). The van der Waals surface area contributed by atoms with Gasteiger partial charge in [-0.3, -0.25) is 14.6 Å². The molecule has 1 aliphatic rings. The lowest BCUT2D eigenvalue weighted by atomic mass is 10.2. The van der Waals surface area contributed by atoms with Gasteiger partial charge in [-0.15, -0.1) is 0 Å². The van der Waals surface area contributed by atoms with Gasteiger partial charge in [0.2, 0.25) is 5.91 Å². The fourth-order valence-corrected chi connectivity index (χ4v) is 2.55. The van der Waals surface area contributed by atoms with Crippen molar-refractivity contribution in [1.29, 1.82) is 0 Å². The summed E-state index contributed by atoms with van der Waals surface area (Å²) in [5.74, 6) is -0.217. The average Bonchev–Trinajstić information content (AvgIpc) is 2.88. The van der Waals surface area contributed by atoms with Crippen LogP contribution in [0, 0.1) is 0 Å². The number of benzene rings is 1. The van der Waals surface area contributed by atoms with Gasteiger partial charge in [-0.05, 0) is 25.6 Å². The molecule has 1 heterocycles. The summed E-state index contributed by atoms with van der Waals surface area (Å²) in [6.07, 6.45) is 0. The standard InChI is InChI=1S/C14H17Cl2N3O2/c1-9(13(20)19-7-6-17-14(19)21)18(2)8-10-4-3-5-11(15)12(10)16/h3-5,9H,6-8H2,1-2H3,(H,17,21)/t9-/m1/s1. The molecule has 1 atom stereocenters. The summed E-state index contributed by atoms with van der Waals surface area (Å²) in [5.41, 5.74) is 0.845. The second-order valence-corrected chi connectivity index (χ2v) is 5.81. The predicted molar refractivity (Wildman–Crippen MR) is 82.5 cm³/mol. The summed E-state index contributed by atoms with van der Waals surface area (Å²) in [5, 5.41) is 3.60. The van der Waals surface area contributed by atoms with Gasteiger partial charge in [0.1, 0.15) is 0 Å². The van der Waals surface area contributed by atoms with Crippen LogP contribution in [0.5, 0.6) is 0 Å². The number of likely N-dealkylation sites (N-methyl/N-ethyl adjacent to an activating group) is 1. The molecule has 1 aliphatic heterocycles. The first-order valence-electron chi connectivity index (χ1n) is 6.64. The summed E-state index contributed by atoms with van der Waals surface area (Å²) < 4.78 is 0. The average molecular weight is 330 g/mol. The number of imide groups is 1. The van der Waals surface area contributed by atoms with E-state index in [9.17, 15) is 9.59 Å². The quantitative estimate of drug-likeness (QED) is 0.922. The molecule has 1 fully saturated rings. The first-order chi connectivity index (χ1) is 9.91. The molecule has 7 heteroatoms. The normalized spacial score (nSPS) is 16.2. The van der Waals surface area contributed by atoms with Gasteiger partial charge in [-0.1, -0.05) is 35.3 Å². The first-order valence-corrected chi connectivity index (χ1v) is 7.39. The van der Waals surface area contributed by atoms with Crippen LogP contribution in [0.15, 0.2) is 18.2 Å². The lowest BCUT2D eigenvalue weighted by molar-refractivity contribution is -0.132. The van der Waals surface area contributed by atoms with E-state index in [1.807, 2.05) is 24.1 Å². The van der Waals surface area contributed by atoms with Crippen molar-refractivity contribution in [3.8, 4) is 0 Å². The molecule has 0 aromatic heterocycles. The summed E-state index contributed by atoms with van der Waals surface area (Å²) in [4.78, 5) is 26.9. The van der Waals surface area contributed by atoms with Crippen LogP contribution in [0.4, 0.5) is 4.79 Å². The number of hydrogen-bond acceptors (Lipinski definition) is 3. The van der Waals surface area contributed by atoms with Crippen LogP contribution in [0.2, 0.25) is 10.0 Å². The van der Waals surface area contributed by atoms with Gasteiger partial charge in [-0.25, -0.2) is 4.79 Å². The fraction of sp³-hybridized carbons (Fsp3) is 0.429. The SMILES string of the molecule is C[C@H](C(=O)N1CCNC1=O)N(C)Cc1cccc(Cl)c1Cl. The molecule has 3 amide bonds. The van der Waals surface area contributed by atoms with Gasteiger partial charge in [0.25, 0.3) is 0 Å². The summed E-state index contributed by atoms with van der Waals surface area (Å²) in [7, 11) is 1.81. The Hall–Kier alpha value is -1.30. The summed E-state index contributed by atoms with van der Waals surface area (Å²) in [6, 6.07) is 4.64. The molecule has 0 bridgehead atoms. The molecule has 21 heavy (non-hydrogen) atoms. The van der Waals surface area contributed by atoms with Gasteiger partial charge in [0.05, 0.1) is 16.1 Å². The molecule has 0 saturated carbocycles. The number of halogens is 2. The summed E-state index contributed by atoms with van der Waals surface area (Å²) >= 11 is 12.1. The minimum Gasteiger partial charge on any atom is -0.336 e. The first kappa shape index (κ1) is 16.1. The number of nitrogens with one attached hydrogen (secondary N) is 1. The smallest absolute Gasteiger partial charge is 0.324 e. The highest BCUT2D eigenvalue weighted by atomic mass is 35.5. The van der Waals surface area contributed by atoms with Crippen molar-refractivity contribution in [2.75, 3.05) is 20.1 Å². The number of hydrogen-bond donors (Lipinski definition) is 1. The van der Waals surface area contributed by atoms with E-state index in [2.05, 4.69) is 5.32 Å². The molecule has 0 spiro atoms. The highest BCUT2D eigenvalue weighted by Gasteiger charge is 2.31. The zero-order chi connectivity index (χ0) is 15.6. The lowest BCUT2D eigenvalue weighted by Gasteiger charge is -2.26. The molecule has 1 N–H and O–H groups in total. The molecule has 0 unspecified atom stereocenters. The Bertz CT molecular complexity index is 565. The van der Waals surface area contributed by atoms with Gasteiger partial charge in [0, 0.05) is 19.6 Å². The molecular weight excluding hydrogens is 313 g/mol. The minimum absolute atomic E-state index is 0.217. The number of amides is 3.